The van der Waals surface area contributed by atoms with Crippen LogP contribution in [-0.2, 0) is 4.79 Å². The lowest BCUT2D eigenvalue weighted by molar-refractivity contribution is -0.125. The minimum absolute atomic E-state index is 0.132. The molecule has 0 saturated heterocycles. The van der Waals surface area contributed by atoms with Gasteiger partial charge in [-0.2, -0.15) is 0 Å². The lowest BCUT2D eigenvalue weighted by Crippen LogP contribution is -2.28. The molecule has 0 aromatic heterocycles. The number of amides is 1. The first kappa shape index (κ1) is 16.7. The summed E-state index contributed by atoms with van der Waals surface area (Å²) in [4.78, 5) is 13.5. The number of rotatable bonds is 9. The average Bonchev–Trinajstić information content (AvgIpc) is 2.38. The van der Waals surface area contributed by atoms with Crippen molar-refractivity contribution in [3.05, 3.63) is 36.5 Å². The molecule has 0 bridgehead atoms. The van der Waals surface area contributed by atoms with Crippen LogP contribution in [0, 0.1) is 0 Å². The molecule has 0 aromatic rings. The zero-order valence-electron chi connectivity index (χ0n) is 12.1. The van der Waals surface area contributed by atoms with Crippen molar-refractivity contribution in [3.63, 3.8) is 0 Å². The highest BCUT2D eigenvalue weighted by Gasteiger charge is 2.03. The molecular weight excluding hydrogens is 222 g/mol. The molecule has 102 valence electrons. The molecule has 0 rings (SSSR count). The van der Waals surface area contributed by atoms with Crippen LogP contribution in [0.25, 0.3) is 0 Å². The summed E-state index contributed by atoms with van der Waals surface area (Å²) in [6, 6.07) is 0. The molecule has 0 aliphatic rings. The highest BCUT2D eigenvalue weighted by atomic mass is 16.2. The third-order valence-corrected chi connectivity index (χ3v) is 2.77. The zero-order chi connectivity index (χ0) is 13.6. The second-order valence-corrected chi connectivity index (χ2v) is 4.15. The van der Waals surface area contributed by atoms with Crippen LogP contribution in [0.4, 0.5) is 0 Å². The van der Waals surface area contributed by atoms with Gasteiger partial charge in [-0.3, -0.25) is 4.79 Å². The van der Waals surface area contributed by atoms with Gasteiger partial charge in [0.05, 0.1) is 0 Å². The first-order valence-corrected chi connectivity index (χ1v) is 6.99. The Balaban J connectivity index is 3.62. The van der Waals surface area contributed by atoms with Crippen LogP contribution in [0.5, 0.6) is 0 Å². The maximum absolute atomic E-state index is 11.6. The van der Waals surface area contributed by atoms with Crippen LogP contribution in [0.15, 0.2) is 36.5 Å². The van der Waals surface area contributed by atoms with Gasteiger partial charge in [-0.1, -0.05) is 30.4 Å². The zero-order valence-corrected chi connectivity index (χ0v) is 12.1. The van der Waals surface area contributed by atoms with Crippen molar-refractivity contribution in [3.8, 4) is 0 Å². The number of nitrogens with zero attached hydrogens (tertiary/aromatic N) is 1. The molecule has 0 spiro atoms. The second-order valence-electron chi connectivity index (χ2n) is 4.15. The fourth-order valence-electron chi connectivity index (χ4n) is 1.64. The fraction of sp³-hybridized carbons (Fsp3) is 0.562. The largest absolute Gasteiger partial charge is 0.340 e. The van der Waals surface area contributed by atoms with E-state index in [2.05, 4.69) is 12.2 Å². The van der Waals surface area contributed by atoms with E-state index in [-0.39, 0.29) is 5.91 Å². The molecule has 0 saturated carbocycles. The normalized spacial score (nSPS) is 11.9. The molecule has 0 unspecified atom stereocenters. The summed E-state index contributed by atoms with van der Waals surface area (Å²) in [7, 11) is 0. The Morgan fingerprint density at radius 3 is 2.17 bits per heavy atom. The monoisotopic (exact) mass is 249 g/mol. The summed E-state index contributed by atoms with van der Waals surface area (Å²) in [6.45, 7) is 7.60. The van der Waals surface area contributed by atoms with Crippen molar-refractivity contribution in [1.82, 2.24) is 4.90 Å². The maximum atomic E-state index is 11.6. The fourth-order valence-corrected chi connectivity index (χ4v) is 1.64. The van der Waals surface area contributed by atoms with Crippen LogP contribution < -0.4 is 0 Å². The third kappa shape index (κ3) is 8.80. The first-order valence-electron chi connectivity index (χ1n) is 6.99. The number of hydrogen-bond donors (Lipinski definition) is 0. The minimum Gasteiger partial charge on any atom is -0.340 e. The number of allylic oxidation sites excluding steroid dienone is 5. The van der Waals surface area contributed by atoms with E-state index in [1.54, 1.807) is 6.08 Å². The molecule has 0 aliphatic heterocycles. The highest BCUT2D eigenvalue weighted by molar-refractivity contribution is 5.87. The van der Waals surface area contributed by atoms with Crippen LogP contribution in [0.2, 0.25) is 0 Å². The molecule has 18 heavy (non-hydrogen) atoms. The van der Waals surface area contributed by atoms with Crippen molar-refractivity contribution in [1.29, 1.82) is 0 Å². The van der Waals surface area contributed by atoms with Crippen LogP contribution in [0.1, 0.15) is 46.5 Å². The van der Waals surface area contributed by atoms with E-state index in [0.29, 0.717) is 0 Å². The predicted molar refractivity (Wildman–Crippen MR) is 79.5 cm³/mol. The Bertz CT molecular complexity index is 285. The molecule has 0 fully saturated rings. The van der Waals surface area contributed by atoms with Gasteiger partial charge in [0, 0.05) is 13.1 Å². The third-order valence-electron chi connectivity index (χ3n) is 2.77. The van der Waals surface area contributed by atoms with Crippen molar-refractivity contribution >= 4 is 5.91 Å². The molecule has 0 aliphatic carbocycles. The molecule has 2 nitrogen and oxygen atoms in total. The highest BCUT2D eigenvalue weighted by Crippen LogP contribution is 2.02. The van der Waals surface area contributed by atoms with Crippen molar-refractivity contribution in [2.24, 2.45) is 0 Å². The van der Waals surface area contributed by atoms with Gasteiger partial charge in [0.25, 0.3) is 0 Å². The molecule has 0 heterocycles. The Hall–Kier alpha value is -1.31. The van der Waals surface area contributed by atoms with Gasteiger partial charge in [0.15, 0.2) is 0 Å². The molecule has 0 N–H and O–H groups in total. The summed E-state index contributed by atoms with van der Waals surface area (Å²) in [5.74, 6) is 0.132. The van der Waals surface area contributed by atoms with Gasteiger partial charge in [-0.05, 0) is 52.5 Å². The predicted octanol–water partition coefficient (Wildman–Crippen LogP) is 4.10. The number of carbonyl (C=O) groups excluding carboxylic acids is 1. The van der Waals surface area contributed by atoms with E-state index in [4.69, 9.17) is 0 Å². The number of unbranched alkanes of at least 4 members (excludes halogenated alkanes) is 3. The molecule has 0 radical (unpaired) electrons. The number of hydrogen-bond acceptors (Lipinski definition) is 1. The van der Waals surface area contributed by atoms with Gasteiger partial charge < -0.3 is 4.90 Å². The summed E-state index contributed by atoms with van der Waals surface area (Å²) < 4.78 is 0. The van der Waals surface area contributed by atoms with E-state index in [9.17, 15) is 4.79 Å². The maximum Gasteiger partial charge on any atom is 0.246 e. The van der Waals surface area contributed by atoms with Crippen LogP contribution in [0.3, 0.4) is 0 Å². The SMILES string of the molecule is C/C=C/C=C/CCCC/C=C/C(=O)N(CC)CC. The summed E-state index contributed by atoms with van der Waals surface area (Å²) in [5, 5.41) is 0. The second kappa shape index (κ2) is 12.2. The lowest BCUT2D eigenvalue weighted by Gasteiger charge is -2.15. The first-order chi connectivity index (χ1) is 8.76. The van der Waals surface area contributed by atoms with Gasteiger partial charge in [-0.15, -0.1) is 0 Å². The summed E-state index contributed by atoms with van der Waals surface area (Å²) in [5.41, 5.74) is 0. The van der Waals surface area contributed by atoms with Gasteiger partial charge in [0.2, 0.25) is 5.91 Å². The van der Waals surface area contributed by atoms with Gasteiger partial charge >= 0.3 is 0 Å². The number of likely N-dealkylation sites (N-methyl/N-ethyl adjacent to an activating group) is 1. The van der Waals surface area contributed by atoms with Crippen LogP contribution >= 0.6 is 0 Å². The molecule has 0 aromatic carbocycles. The molecule has 0 atom stereocenters. The van der Waals surface area contributed by atoms with E-state index in [0.717, 1.165) is 32.4 Å². The van der Waals surface area contributed by atoms with E-state index >= 15 is 0 Å². The van der Waals surface area contributed by atoms with Gasteiger partial charge in [0.1, 0.15) is 0 Å². The summed E-state index contributed by atoms with van der Waals surface area (Å²) >= 11 is 0. The minimum atomic E-state index is 0.132. The van der Waals surface area contributed by atoms with E-state index < -0.39 is 0 Å². The molecule has 1 amide bonds. The van der Waals surface area contributed by atoms with E-state index in [1.807, 2.05) is 43.9 Å². The Kier molecular flexibility index (Phi) is 11.3. The smallest absolute Gasteiger partial charge is 0.246 e. The lowest BCUT2D eigenvalue weighted by atomic mass is 10.2. The Morgan fingerprint density at radius 1 is 1.00 bits per heavy atom. The van der Waals surface area contributed by atoms with E-state index in [1.165, 1.54) is 6.42 Å². The van der Waals surface area contributed by atoms with Crippen molar-refractivity contribution in [2.45, 2.75) is 46.5 Å². The average molecular weight is 249 g/mol. The standard InChI is InChI=1S/C16H27NO/c1-4-7-8-9-10-11-12-13-14-15-16(18)17(5-2)6-3/h4,7-9,14-15H,5-6,10-13H2,1-3H3/b7-4+,9-8+,15-14+. The van der Waals surface area contributed by atoms with Crippen LogP contribution in [-0.4, -0.2) is 23.9 Å². The quantitative estimate of drug-likeness (QED) is 0.342. The topological polar surface area (TPSA) is 20.3 Å². The van der Waals surface area contributed by atoms with Gasteiger partial charge in [-0.25, -0.2) is 0 Å². The van der Waals surface area contributed by atoms with Crippen molar-refractivity contribution in [2.75, 3.05) is 13.1 Å². The Labute approximate surface area is 112 Å². The molecular formula is C16H27NO. The van der Waals surface area contributed by atoms with Crippen molar-refractivity contribution < 1.29 is 4.79 Å². The Morgan fingerprint density at radius 2 is 1.61 bits per heavy atom. The molecule has 2 heteroatoms. The number of carbonyl (C=O) groups is 1. The summed E-state index contributed by atoms with van der Waals surface area (Å²) in [6.07, 6.45) is 16.5.